The van der Waals surface area contributed by atoms with E-state index in [-0.39, 0.29) is 0 Å². The van der Waals surface area contributed by atoms with Crippen LogP contribution in [0.5, 0.6) is 5.75 Å². The van der Waals surface area contributed by atoms with Gasteiger partial charge in [0, 0.05) is 11.1 Å². The minimum absolute atomic E-state index is 0.628. The Bertz CT molecular complexity index is 279. The fourth-order valence-electron chi connectivity index (χ4n) is 1.07. The van der Waals surface area contributed by atoms with E-state index < -0.39 is 0 Å². The van der Waals surface area contributed by atoms with Crippen molar-refractivity contribution in [2.45, 2.75) is 13.8 Å². The molecule has 0 aliphatic carbocycles. The summed E-state index contributed by atoms with van der Waals surface area (Å²) in [5.74, 6) is 0.794. The number of aldehydes is 1. The van der Waals surface area contributed by atoms with E-state index in [1.54, 1.807) is 6.07 Å². The molecule has 2 nitrogen and oxygen atoms in total. The van der Waals surface area contributed by atoms with Gasteiger partial charge in [-0.3, -0.25) is 4.79 Å². The monoisotopic (exact) mass is 164 g/mol. The zero-order valence-electron chi connectivity index (χ0n) is 7.33. The number of hydrogen-bond donors (Lipinski definition) is 0. The zero-order chi connectivity index (χ0) is 8.97. The summed E-state index contributed by atoms with van der Waals surface area (Å²) in [6, 6.07) is 5.47. The number of benzene rings is 1. The van der Waals surface area contributed by atoms with E-state index in [1.165, 1.54) is 0 Å². The van der Waals surface area contributed by atoms with Gasteiger partial charge in [0.25, 0.3) is 0 Å². The molecule has 0 aliphatic rings. The number of carbonyl (C=O) groups excluding carboxylic acids is 1. The van der Waals surface area contributed by atoms with Gasteiger partial charge >= 0.3 is 0 Å². The molecular weight excluding hydrogens is 152 g/mol. The Morgan fingerprint density at radius 1 is 1.50 bits per heavy atom. The number of carbonyl (C=O) groups is 1. The van der Waals surface area contributed by atoms with Crippen molar-refractivity contribution in [3.8, 4) is 5.75 Å². The van der Waals surface area contributed by atoms with Gasteiger partial charge < -0.3 is 4.74 Å². The van der Waals surface area contributed by atoms with Crippen molar-refractivity contribution in [3.05, 3.63) is 29.3 Å². The lowest BCUT2D eigenvalue weighted by Crippen LogP contribution is -1.96. The van der Waals surface area contributed by atoms with Gasteiger partial charge in [-0.2, -0.15) is 0 Å². The van der Waals surface area contributed by atoms with Crippen LogP contribution in [-0.4, -0.2) is 12.9 Å². The van der Waals surface area contributed by atoms with Crippen LogP contribution in [0.15, 0.2) is 18.2 Å². The first-order chi connectivity index (χ1) is 5.79. The van der Waals surface area contributed by atoms with E-state index in [0.717, 1.165) is 17.6 Å². The van der Waals surface area contributed by atoms with Crippen LogP contribution in [0.4, 0.5) is 0 Å². The summed E-state index contributed by atoms with van der Waals surface area (Å²) in [6.45, 7) is 4.44. The molecule has 1 aromatic rings. The molecule has 0 spiro atoms. The first-order valence-electron chi connectivity index (χ1n) is 3.97. The highest BCUT2D eigenvalue weighted by atomic mass is 16.5. The summed E-state index contributed by atoms with van der Waals surface area (Å²) in [5, 5.41) is 0. The second-order valence-corrected chi connectivity index (χ2v) is 2.52. The maximum absolute atomic E-state index is 10.5. The molecule has 1 aromatic carbocycles. The first-order valence-corrected chi connectivity index (χ1v) is 3.97. The highest BCUT2D eigenvalue weighted by molar-refractivity contribution is 5.78. The van der Waals surface area contributed by atoms with Gasteiger partial charge in [-0.15, -0.1) is 0 Å². The molecule has 0 heterocycles. The van der Waals surface area contributed by atoms with Gasteiger partial charge in [0.05, 0.1) is 6.61 Å². The average Bonchev–Trinajstić information content (AvgIpc) is 2.09. The summed E-state index contributed by atoms with van der Waals surface area (Å²) < 4.78 is 5.32. The predicted octanol–water partition coefficient (Wildman–Crippen LogP) is 2.21. The van der Waals surface area contributed by atoms with Crippen molar-refractivity contribution in [1.29, 1.82) is 0 Å². The number of ether oxygens (including phenoxy) is 1. The largest absolute Gasteiger partial charge is 0.494 e. The van der Waals surface area contributed by atoms with E-state index in [9.17, 15) is 4.79 Å². The van der Waals surface area contributed by atoms with Crippen LogP contribution in [-0.2, 0) is 0 Å². The minimum Gasteiger partial charge on any atom is -0.494 e. The highest BCUT2D eigenvalue weighted by Gasteiger charge is 2.02. The summed E-state index contributed by atoms with van der Waals surface area (Å²) >= 11 is 0. The van der Waals surface area contributed by atoms with Crippen molar-refractivity contribution in [2.75, 3.05) is 6.61 Å². The SMILES string of the molecule is CCOc1cccc(C=O)c1C. The second-order valence-electron chi connectivity index (χ2n) is 2.52. The lowest BCUT2D eigenvalue weighted by atomic mass is 10.1. The van der Waals surface area contributed by atoms with Crippen LogP contribution in [0.2, 0.25) is 0 Å². The molecule has 0 bridgehead atoms. The molecule has 0 unspecified atom stereocenters. The molecule has 0 atom stereocenters. The van der Waals surface area contributed by atoms with E-state index in [1.807, 2.05) is 26.0 Å². The molecule has 64 valence electrons. The van der Waals surface area contributed by atoms with Gasteiger partial charge in [0.15, 0.2) is 0 Å². The van der Waals surface area contributed by atoms with E-state index >= 15 is 0 Å². The van der Waals surface area contributed by atoms with Crippen LogP contribution in [0, 0.1) is 6.92 Å². The molecule has 0 aromatic heterocycles. The number of rotatable bonds is 3. The molecular formula is C10H12O2. The van der Waals surface area contributed by atoms with Gasteiger partial charge in [0.1, 0.15) is 12.0 Å². The predicted molar refractivity (Wildman–Crippen MR) is 47.7 cm³/mol. The maximum Gasteiger partial charge on any atom is 0.150 e. The summed E-state index contributed by atoms with van der Waals surface area (Å²) in [5.41, 5.74) is 1.61. The average molecular weight is 164 g/mol. The first kappa shape index (κ1) is 8.78. The molecule has 0 aliphatic heterocycles. The van der Waals surface area contributed by atoms with Gasteiger partial charge in [-0.05, 0) is 19.9 Å². The Kier molecular flexibility index (Phi) is 2.86. The van der Waals surface area contributed by atoms with Crippen LogP contribution in [0.3, 0.4) is 0 Å². The van der Waals surface area contributed by atoms with Crippen molar-refractivity contribution in [3.63, 3.8) is 0 Å². The third-order valence-corrected chi connectivity index (χ3v) is 1.75. The summed E-state index contributed by atoms with van der Waals surface area (Å²) in [4.78, 5) is 10.5. The molecule has 0 radical (unpaired) electrons. The normalized spacial score (nSPS) is 9.50. The van der Waals surface area contributed by atoms with Crippen molar-refractivity contribution >= 4 is 6.29 Å². The van der Waals surface area contributed by atoms with E-state index in [0.29, 0.717) is 12.2 Å². The smallest absolute Gasteiger partial charge is 0.150 e. The molecule has 0 fully saturated rings. The van der Waals surface area contributed by atoms with E-state index in [4.69, 9.17) is 4.74 Å². The summed E-state index contributed by atoms with van der Waals surface area (Å²) in [7, 11) is 0. The van der Waals surface area contributed by atoms with Crippen molar-refractivity contribution in [1.82, 2.24) is 0 Å². The highest BCUT2D eigenvalue weighted by Crippen LogP contribution is 2.19. The zero-order valence-corrected chi connectivity index (χ0v) is 7.33. The topological polar surface area (TPSA) is 26.3 Å². The van der Waals surface area contributed by atoms with Crippen molar-refractivity contribution < 1.29 is 9.53 Å². The molecule has 0 saturated carbocycles. The molecule has 0 N–H and O–H groups in total. The fraction of sp³-hybridized carbons (Fsp3) is 0.300. The molecule has 12 heavy (non-hydrogen) atoms. The van der Waals surface area contributed by atoms with Gasteiger partial charge in [-0.1, -0.05) is 12.1 Å². The minimum atomic E-state index is 0.628. The molecule has 0 saturated heterocycles. The maximum atomic E-state index is 10.5. The van der Waals surface area contributed by atoms with E-state index in [2.05, 4.69) is 0 Å². The van der Waals surface area contributed by atoms with Crippen LogP contribution in [0.1, 0.15) is 22.8 Å². The van der Waals surface area contributed by atoms with Crippen LogP contribution < -0.4 is 4.74 Å². The lowest BCUT2D eigenvalue weighted by Gasteiger charge is -2.07. The van der Waals surface area contributed by atoms with Crippen LogP contribution >= 0.6 is 0 Å². The third-order valence-electron chi connectivity index (χ3n) is 1.75. The Morgan fingerprint density at radius 3 is 2.83 bits per heavy atom. The fourth-order valence-corrected chi connectivity index (χ4v) is 1.07. The molecule has 2 heteroatoms. The third kappa shape index (κ3) is 1.64. The standard InChI is InChI=1S/C10H12O2/c1-3-12-10-6-4-5-9(7-11)8(10)2/h4-7H,3H2,1-2H3. The Labute approximate surface area is 72.2 Å². The molecule has 0 amide bonds. The van der Waals surface area contributed by atoms with Gasteiger partial charge in [-0.25, -0.2) is 0 Å². The Balaban J connectivity index is 3.04. The Hall–Kier alpha value is -1.31. The number of hydrogen-bond acceptors (Lipinski definition) is 2. The quantitative estimate of drug-likeness (QED) is 0.640. The van der Waals surface area contributed by atoms with Crippen LogP contribution in [0.25, 0.3) is 0 Å². The second kappa shape index (κ2) is 3.90. The summed E-state index contributed by atoms with van der Waals surface area (Å²) in [6.07, 6.45) is 0.845. The Morgan fingerprint density at radius 2 is 2.25 bits per heavy atom. The lowest BCUT2D eigenvalue weighted by molar-refractivity contribution is 0.112. The molecule has 1 rings (SSSR count). The van der Waals surface area contributed by atoms with Crippen molar-refractivity contribution in [2.24, 2.45) is 0 Å². The van der Waals surface area contributed by atoms with Gasteiger partial charge in [0.2, 0.25) is 0 Å².